The Bertz CT molecular complexity index is 1190. The topological polar surface area (TPSA) is 104 Å². The molecular weight excluding hydrogens is 394 g/mol. The van der Waals surface area contributed by atoms with Gasteiger partial charge in [0.15, 0.2) is 18.1 Å². The molecule has 3 rings (SSSR count). The Morgan fingerprint density at radius 1 is 1.06 bits per heavy atom. The third-order valence-corrected chi connectivity index (χ3v) is 4.53. The maximum atomic E-state index is 12.2. The average molecular weight is 417 g/mol. The van der Waals surface area contributed by atoms with Gasteiger partial charge in [0.2, 0.25) is 0 Å². The van der Waals surface area contributed by atoms with Gasteiger partial charge in [0.25, 0.3) is 11.5 Å². The molecule has 3 aromatic rings. The average Bonchev–Trinajstić information content (AvgIpc) is 2.74. The van der Waals surface area contributed by atoms with E-state index >= 15 is 0 Å². The summed E-state index contributed by atoms with van der Waals surface area (Å²) in [4.78, 5) is 27.0. The molecule has 0 aliphatic rings. The molecule has 0 saturated heterocycles. The Morgan fingerprint density at radius 3 is 2.48 bits per heavy atom. The van der Waals surface area contributed by atoms with E-state index in [1.54, 1.807) is 31.2 Å². The van der Waals surface area contributed by atoms with E-state index < -0.39 is 5.56 Å². The van der Waals surface area contributed by atoms with Gasteiger partial charge in [0.1, 0.15) is 11.6 Å². The summed E-state index contributed by atoms with van der Waals surface area (Å²) in [6, 6.07) is 16.2. The fraction of sp³-hybridized carbons (Fsp3) is 0.208. The van der Waals surface area contributed by atoms with E-state index in [0.29, 0.717) is 40.6 Å². The minimum atomic E-state index is -0.441. The Morgan fingerprint density at radius 2 is 1.81 bits per heavy atom. The summed E-state index contributed by atoms with van der Waals surface area (Å²) in [5.74, 6) is 0.516. The molecule has 0 radical (unpaired) electrons. The standard InChI is InChI=1S/C24H23N3O4/c1-4-30-22-12-17(19-11-16(3)26-24(29)20(19)13-25)7-10-21(22)31-14-23(28)27-18-8-5-15(2)6-9-18/h5-12H,4,14H2,1-3H3,(H,26,29)(H,27,28). The van der Waals surface area contributed by atoms with Gasteiger partial charge in [-0.3, -0.25) is 9.59 Å². The first-order valence-electron chi connectivity index (χ1n) is 9.81. The number of aryl methyl sites for hydroxylation is 2. The maximum Gasteiger partial charge on any atom is 0.266 e. The number of ether oxygens (including phenoxy) is 2. The minimum Gasteiger partial charge on any atom is -0.490 e. The number of carbonyl (C=O) groups excluding carboxylic acids is 1. The van der Waals surface area contributed by atoms with Crippen molar-refractivity contribution < 1.29 is 14.3 Å². The lowest BCUT2D eigenvalue weighted by molar-refractivity contribution is -0.118. The fourth-order valence-corrected chi connectivity index (χ4v) is 3.07. The van der Waals surface area contributed by atoms with Crippen LogP contribution in [0.4, 0.5) is 5.69 Å². The molecular formula is C24H23N3O4. The van der Waals surface area contributed by atoms with Crippen LogP contribution in [0.15, 0.2) is 53.3 Å². The van der Waals surface area contributed by atoms with Gasteiger partial charge in [-0.15, -0.1) is 0 Å². The highest BCUT2D eigenvalue weighted by Crippen LogP contribution is 2.33. The number of rotatable bonds is 7. The normalized spacial score (nSPS) is 10.3. The van der Waals surface area contributed by atoms with E-state index in [1.807, 2.05) is 44.2 Å². The van der Waals surface area contributed by atoms with Crippen molar-refractivity contribution >= 4 is 11.6 Å². The molecule has 0 spiro atoms. The van der Waals surface area contributed by atoms with Crippen LogP contribution in [-0.4, -0.2) is 24.1 Å². The first-order valence-corrected chi connectivity index (χ1v) is 9.81. The van der Waals surface area contributed by atoms with Gasteiger partial charge in [-0.05, 0) is 56.7 Å². The third-order valence-electron chi connectivity index (χ3n) is 4.53. The first kappa shape index (κ1) is 21.7. The molecule has 0 bridgehead atoms. The third kappa shape index (κ3) is 5.31. The van der Waals surface area contributed by atoms with Crippen molar-refractivity contribution in [2.24, 2.45) is 0 Å². The van der Waals surface area contributed by atoms with Crippen molar-refractivity contribution in [1.82, 2.24) is 4.98 Å². The highest BCUT2D eigenvalue weighted by Gasteiger charge is 2.14. The smallest absolute Gasteiger partial charge is 0.266 e. The summed E-state index contributed by atoms with van der Waals surface area (Å²) in [5, 5.41) is 12.2. The van der Waals surface area contributed by atoms with Crippen molar-refractivity contribution in [1.29, 1.82) is 5.26 Å². The Labute approximate surface area is 180 Å². The number of nitrogens with zero attached hydrogens (tertiary/aromatic N) is 1. The summed E-state index contributed by atoms with van der Waals surface area (Å²) in [7, 11) is 0. The zero-order chi connectivity index (χ0) is 22.4. The number of hydrogen-bond donors (Lipinski definition) is 2. The lowest BCUT2D eigenvalue weighted by Gasteiger charge is -2.14. The highest BCUT2D eigenvalue weighted by atomic mass is 16.5. The predicted molar refractivity (Wildman–Crippen MR) is 118 cm³/mol. The summed E-state index contributed by atoms with van der Waals surface area (Å²) in [6.45, 7) is 5.74. The first-order chi connectivity index (χ1) is 14.9. The van der Waals surface area contributed by atoms with E-state index in [2.05, 4.69) is 10.3 Å². The molecule has 0 fully saturated rings. The van der Waals surface area contributed by atoms with Crippen molar-refractivity contribution in [3.05, 3.63) is 75.7 Å². The number of hydrogen-bond acceptors (Lipinski definition) is 5. The quantitative estimate of drug-likeness (QED) is 0.606. The molecule has 0 aliphatic carbocycles. The van der Waals surface area contributed by atoms with Crippen molar-refractivity contribution in [2.45, 2.75) is 20.8 Å². The van der Waals surface area contributed by atoms with Gasteiger partial charge >= 0.3 is 0 Å². The molecule has 2 aromatic carbocycles. The van der Waals surface area contributed by atoms with Crippen molar-refractivity contribution in [3.63, 3.8) is 0 Å². The number of nitrogens with one attached hydrogen (secondary N) is 2. The van der Waals surface area contributed by atoms with Crippen molar-refractivity contribution in [3.8, 4) is 28.7 Å². The van der Waals surface area contributed by atoms with Crippen LogP contribution < -0.4 is 20.3 Å². The lowest BCUT2D eigenvalue weighted by atomic mass is 10.0. The molecule has 1 aromatic heterocycles. The van der Waals surface area contributed by atoms with E-state index in [1.165, 1.54) is 0 Å². The molecule has 31 heavy (non-hydrogen) atoms. The van der Waals surface area contributed by atoms with Crippen molar-refractivity contribution in [2.75, 3.05) is 18.5 Å². The zero-order valence-corrected chi connectivity index (χ0v) is 17.6. The number of nitriles is 1. The zero-order valence-electron chi connectivity index (χ0n) is 17.6. The lowest BCUT2D eigenvalue weighted by Crippen LogP contribution is -2.20. The fourth-order valence-electron chi connectivity index (χ4n) is 3.07. The van der Waals surface area contributed by atoms with Crippen LogP contribution in [0.2, 0.25) is 0 Å². The highest BCUT2D eigenvalue weighted by molar-refractivity contribution is 5.91. The summed E-state index contributed by atoms with van der Waals surface area (Å²) in [5.41, 5.74) is 3.17. The van der Waals surface area contributed by atoms with Gasteiger partial charge < -0.3 is 19.8 Å². The number of pyridine rings is 1. The number of aromatic nitrogens is 1. The maximum absolute atomic E-state index is 12.2. The Kier molecular flexibility index (Phi) is 6.73. The Balaban J connectivity index is 1.81. The van der Waals surface area contributed by atoms with Crippen LogP contribution in [0.5, 0.6) is 11.5 Å². The number of benzene rings is 2. The van der Waals surface area contributed by atoms with Crippen LogP contribution in [-0.2, 0) is 4.79 Å². The monoisotopic (exact) mass is 417 g/mol. The molecule has 0 unspecified atom stereocenters. The molecule has 1 amide bonds. The summed E-state index contributed by atoms with van der Waals surface area (Å²) in [6.07, 6.45) is 0. The van der Waals surface area contributed by atoms with E-state index in [-0.39, 0.29) is 18.1 Å². The molecule has 0 aliphatic heterocycles. The molecule has 0 saturated carbocycles. The second-order valence-corrected chi connectivity index (χ2v) is 6.98. The number of anilines is 1. The van der Waals surface area contributed by atoms with Gasteiger partial charge in [-0.2, -0.15) is 5.26 Å². The summed E-state index contributed by atoms with van der Waals surface area (Å²) < 4.78 is 11.3. The molecule has 158 valence electrons. The van der Waals surface area contributed by atoms with Crippen LogP contribution in [0.1, 0.15) is 23.7 Å². The SMILES string of the molecule is CCOc1cc(-c2cc(C)[nH]c(=O)c2C#N)ccc1OCC(=O)Nc1ccc(C)cc1. The van der Waals surface area contributed by atoms with Crippen LogP contribution in [0.25, 0.3) is 11.1 Å². The van der Waals surface area contributed by atoms with E-state index in [0.717, 1.165) is 5.56 Å². The van der Waals surface area contributed by atoms with Gasteiger partial charge in [-0.1, -0.05) is 23.8 Å². The largest absolute Gasteiger partial charge is 0.490 e. The number of H-pyrrole nitrogens is 1. The van der Waals surface area contributed by atoms with Gasteiger partial charge in [0, 0.05) is 16.9 Å². The summed E-state index contributed by atoms with van der Waals surface area (Å²) >= 11 is 0. The Hall–Kier alpha value is -4.05. The number of amides is 1. The van der Waals surface area contributed by atoms with E-state index in [9.17, 15) is 14.9 Å². The van der Waals surface area contributed by atoms with Gasteiger partial charge in [-0.25, -0.2) is 0 Å². The second kappa shape index (κ2) is 9.63. The number of aromatic amines is 1. The van der Waals surface area contributed by atoms with E-state index in [4.69, 9.17) is 9.47 Å². The minimum absolute atomic E-state index is 0.0270. The van der Waals surface area contributed by atoms with Crippen LogP contribution >= 0.6 is 0 Å². The predicted octanol–water partition coefficient (Wildman–Crippen LogP) is 3.95. The molecule has 1 heterocycles. The number of carbonyl (C=O) groups is 1. The molecule has 7 heteroatoms. The molecule has 2 N–H and O–H groups in total. The van der Waals surface area contributed by atoms with Crippen LogP contribution in [0, 0.1) is 25.2 Å². The van der Waals surface area contributed by atoms with Crippen LogP contribution in [0.3, 0.4) is 0 Å². The van der Waals surface area contributed by atoms with Gasteiger partial charge in [0.05, 0.1) is 6.61 Å². The molecule has 0 atom stereocenters. The second-order valence-electron chi connectivity index (χ2n) is 6.98. The molecule has 7 nitrogen and oxygen atoms in total.